The number of anilines is 1. The smallest absolute Gasteiger partial charge is 0.162 e. The third-order valence-corrected chi connectivity index (χ3v) is 3.89. The van der Waals surface area contributed by atoms with Gasteiger partial charge in [-0.1, -0.05) is 28.1 Å². The van der Waals surface area contributed by atoms with Gasteiger partial charge in [-0.05, 0) is 40.2 Å². The van der Waals surface area contributed by atoms with E-state index in [0.717, 1.165) is 14.3 Å². The van der Waals surface area contributed by atoms with Crippen LogP contribution in [0.25, 0.3) is 22.3 Å². The lowest BCUT2D eigenvalue weighted by atomic mass is 10.2. The second-order valence-corrected chi connectivity index (χ2v) is 6.00. The molecule has 3 nitrogen and oxygen atoms in total. The van der Waals surface area contributed by atoms with E-state index in [2.05, 4.69) is 41.8 Å². The fraction of sp³-hybridized carbons (Fsp3) is 0. The number of halogens is 3. The van der Waals surface area contributed by atoms with E-state index >= 15 is 0 Å². The molecule has 0 unspecified atom stereocenters. The monoisotopic (exact) mass is 395 g/mol. The second kappa shape index (κ2) is 5.10. The summed E-state index contributed by atoms with van der Waals surface area (Å²) in [6.07, 6.45) is 0. The SMILES string of the molecule is Nc1nc(-c2cccc(F)c2)nc2c(Br)cc(Br)cc12. The standard InChI is InChI=1S/C14H8Br2FN3/c15-8-5-10-12(11(16)6-8)19-14(20-13(10)18)7-2-1-3-9(17)4-7/h1-6H,(H2,18,19,20). The summed E-state index contributed by atoms with van der Waals surface area (Å²) in [6.45, 7) is 0. The van der Waals surface area contributed by atoms with E-state index in [4.69, 9.17) is 5.73 Å². The summed E-state index contributed by atoms with van der Waals surface area (Å²) in [6, 6.07) is 9.85. The number of aromatic nitrogens is 2. The molecular weight excluding hydrogens is 389 g/mol. The molecule has 20 heavy (non-hydrogen) atoms. The van der Waals surface area contributed by atoms with Gasteiger partial charge < -0.3 is 5.73 Å². The molecule has 0 aliphatic heterocycles. The van der Waals surface area contributed by atoms with Gasteiger partial charge >= 0.3 is 0 Å². The van der Waals surface area contributed by atoms with Crippen molar-refractivity contribution in [3.8, 4) is 11.4 Å². The zero-order valence-corrected chi connectivity index (χ0v) is 13.2. The van der Waals surface area contributed by atoms with E-state index in [1.54, 1.807) is 12.1 Å². The van der Waals surface area contributed by atoms with Gasteiger partial charge in [0.2, 0.25) is 0 Å². The molecule has 3 aromatic rings. The maximum Gasteiger partial charge on any atom is 0.162 e. The zero-order chi connectivity index (χ0) is 14.3. The Morgan fingerprint density at radius 1 is 1.05 bits per heavy atom. The molecule has 6 heteroatoms. The Labute approximate surface area is 131 Å². The molecule has 0 saturated carbocycles. The number of nitrogen functional groups attached to an aromatic ring is 1. The highest BCUT2D eigenvalue weighted by molar-refractivity contribution is 9.11. The highest BCUT2D eigenvalue weighted by atomic mass is 79.9. The number of hydrogen-bond acceptors (Lipinski definition) is 3. The first-order valence-corrected chi connectivity index (χ1v) is 7.31. The fourth-order valence-corrected chi connectivity index (χ4v) is 3.25. The minimum Gasteiger partial charge on any atom is -0.383 e. The van der Waals surface area contributed by atoms with Crippen molar-refractivity contribution in [2.24, 2.45) is 0 Å². The topological polar surface area (TPSA) is 51.8 Å². The molecular formula is C14H8Br2FN3. The molecule has 0 radical (unpaired) electrons. The van der Waals surface area contributed by atoms with Gasteiger partial charge in [0, 0.05) is 19.9 Å². The van der Waals surface area contributed by atoms with Crippen LogP contribution in [0.5, 0.6) is 0 Å². The van der Waals surface area contributed by atoms with E-state index in [-0.39, 0.29) is 5.82 Å². The molecule has 1 aromatic heterocycles. The van der Waals surface area contributed by atoms with E-state index < -0.39 is 0 Å². The molecule has 3 rings (SSSR count). The van der Waals surface area contributed by atoms with Gasteiger partial charge in [0.25, 0.3) is 0 Å². The van der Waals surface area contributed by atoms with Crippen LogP contribution in [0.3, 0.4) is 0 Å². The van der Waals surface area contributed by atoms with Gasteiger partial charge in [0.15, 0.2) is 5.82 Å². The normalized spacial score (nSPS) is 10.9. The molecule has 0 bridgehead atoms. The highest BCUT2D eigenvalue weighted by Crippen LogP contribution is 2.31. The maximum absolute atomic E-state index is 13.3. The van der Waals surface area contributed by atoms with Gasteiger partial charge in [-0.15, -0.1) is 0 Å². The first-order valence-electron chi connectivity index (χ1n) is 5.73. The van der Waals surface area contributed by atoms with Crippen LogP contribution in [0.2, 0.25) is 0 Å². The molecule has 0 spiro atoms. The number of rotatable bonds is 1. The van der Waals surface area contributed by atoms with E-state index in [9.17, 15) is 4.39 Å². The molecule has 2 N–H and O–H groups in total. The molecule has 2 aromatic carbocycles. The summed E-state index contributed by atoms with van der Waals surface area (Å²) in [5.74, 6) is 0.424. The summed E-state index contributed by atoms with van der Waals surface area (Å²) in [5.41, 5.74) is 7.27. The lowest BCUT2D eigenvalue weighted by molar-refractivity contribution is 0.628. The van der Waals surface area contributed by atoms with Crippen LogP contribution in [0.15, 0.2) is 45.3 Å². The Morgan fingerprint density at radius 2 is 1.85 bits per heavy atom. The zero-order valence-electron chi connectivity index (χ0n) is 10.1. The van der Waals surface area contributed by atoms with Gasteiger partial charge in [0.1, 0.15) is 11.6 Å². The third kappa shape index (κ3) is 2.41. The Hall–Kier alpha value is -1.53. The minimum atomic E-state index is -0.334. The maximum atomic E-state index is 13.3. The van der Waals surface area contributed by atoms with Crippen molar-refractivity contribution in [3.05, 3.63) is 51.2 Å². The highest BCUT2D eigenvalue weighted by Gasteiger charge is 2.11. The Balaban J connectivity index is 2.29. The predicted octanol–water partition coefficient (Wildman–Crippen LogP) is 4.54. The molecule has 0 amide bonds. The van der Waals surface area contributed by atoms with Crippen LogP contribution < -0.4 is 5.73 Å². The average molecular weight is 397 g/mol. The number of nitrogens with zero attached hydrogens (tertiary/aromatic N) is 2. The summed E-state index contributed by atoms with van der Waals surface area (Å²) >= 11 is 6.85. The molecule has 0 aliphatic carbocycles. The second-order valence-electron chi connectivity index (χ2n) is 4.23. The van der Waals surface area contributed by atoms with Crippen LogP contribution >= 0.6 is 31.9 Å². The lowest BCUT2D eigenvalue weighted by Gasteiger charge is -2.07. The van der Waals surface area contributed by atoms with Crippen molar-refractivity contribution >= 4 is 48.6 Å². The number of hydrogen-bond donors (Lipinski definition) is 1. The molecule has 0 fully saturated rings. The average Bonchev–Trinajstić information content (AvgIpc) is 2.39. The van der Waals surface area contributed by atoms with Crippen LogP contribution in [0.1, 0.15) is 0 Å². The van der Waals surface area contributed by atoms with E-state index in [0.29, 0.717) is 22.7 Å². The number of benzene rings is 2. The molecule has 0 atom stereocenters. The van der Waals surface area contributed by atoms with Gasteiger partial charge in [0.05, 0.1) is 5.52 Å². The van der Waals surface area contributed by atoms with Crippen molar-refractivity contribution in [1.82, 2.24) is 9.97 Å². The van der Waals surface area contributed by atoms with Crippen molar-refractivity contribution in [1.29, 1.82) is 0 Å². The van der Waals surface area contributed by atoms with Crippen molar-refractivity contribution in [2.75, 3.05) is 5.73 Å². The minimum absolute atomic E-state index is 0.334. The molecule has 100 valence electrons. The van der Waals surface area contributed by atoms with Crippen LogP contribution in [-0.4, -0.2) is 9.97 Å². The van der Waals surface area contributed by atoms with Gasteiger partial charge in [-0.2, -0.15) is 0 Å². The number of nitrogens with two attached hydrogens (primary N) is 1. The molecule has 0 aliphatic rings. The summed E-state index contributed by atoms with van der Waals surface area (Å²) in [4.78, 5) is 8.72. The van der Waals surface area contributed by atoms with Crippen LogP contribution in [0.4, 0.5) is 10.2 Å². The van der Waals surface area contributed by atoms with Crippen molar-refractivity contribution < 1.29 is 4.39 Å². The van der Waals surface area contributed by atoms with Crippen molar-refractivity contribution in [2.45, 2.75) is 0 Å². The van der Waals surface area contributed by atoms with E-state index in [1.165, 1.54) is 12.1 Å². The number of fused-ring (bicyclic) bond motifs is 1. The summed E-state index contributed by atoms with van der Waals surface area (Å²) in [7, 11) is 0. The first-order chi connectivity index (χ1) is 9.54. The largest absolute Gasteiger partial charge is 0.383 e. The third-order valence-electron chi connectivity index (χ3n) is 2.83. The fourth-order valence-electron chi connectivity index (χ4n) is 1.94. The Kier molecular flexibility index (Phi) is 3.43. The summed E-state index contributed by atoms with van der Waals surface area (Å²) in [5, 5.41) is 0.742. The Morgan fingerprint density at radius 3 is 2.60 bits per heavy atom. The van der Waals surface area contributed by atoms with Crippen molar-refractivity contribution in [3.63, 3.8) is 0 Å². The first kappa shape index (κ1) is 13.5. The molecule has 1 heterocycles. The predicted molar refractivity (Wildman–Crippen MR) is 84.7 cm³/mol. The van der Waals surface area contributed by atoms with E-state index in [1.807, 2.05) is 12.1 Å². The van der Waals surface area contributed by atoms with Gasteiger partial charge in [-0.3, -0.25) is 0 Å². The molecule has 0 saturated heterocycles. The Bertz CT molecular complexity index is 821. The van der Waals surface area contributed by atoms with Crippen LogP contribution in [-0.2, 0) is 0 Å². The summed E-state index contributed by atoms with van der Waals surface area (Å²) < 4.78 is 15.0. The van der Waals surface area contributed by atoms with Gasteiger partial charge in [-0.25, -0.2) is 14.4 Å². The van der Waals surface area contributed by atoms with Crippen LogP contribution in [0, 0.1) is 5.82 Å². The quantitative estimate of drug-likeness (QED) is 0.656. The lowest BCUT2D eigenvalue weighted by Crippen LogP contribution is -1.98.